The third kappa shape index (κ3) is 5.04. The number of carboxylic acids is 2. The van der Waals surface area contributed by atoms with Gasteiger partial charge in [-0.25, -0.2) is 4.79 Å². The molecule has 0 fully saturated rings. The van der Waals surface area contributed by atoms with E-state index >= 15 is 0 Å². The van der Waals surface area contributed by atoms with Crippen molar-refractivity contribution in [2.75, 3.05) is 0 Å². The molecule has 0 spiro atoms. The van der Waals surface area contributed by atoms with E-state index in [0.717, 1.165) is 16.7 Å². The SMILES string of the molecule is C[C@H](N[C@@H](CCc1ccccc1)C(=O)O)C(=O)N1Cc2ccccc2CC1C(=O)O. The van der Waals surface area contributed by atoms with Gasteiger partial charge in [-0.1, -0.05) is 54.6 Å². The monoisotopic (exact) mass is 410 g/mol. The number of nitrogens with zero attached hydrogens (tertiary/aromatic N) is 1. The van der Waals surface area contributed by atoms with Crippen LogP contribution < -0.4 is 5.32 Å². The van der Waals surface area contributed by atoms with E-state index in [2.05, 4.69) is 5.32 Å². The number of carboxylic acid groups (broad SMARTS) is 2. The Morgan fingerprint density at radius 1 is 1.03 bits per heavy atom. The highest BCUT2D eigenvalue weighted by Crippen LogP contribution is 2.24. The Morgan fingerprint density at radius 2 is 1.67 bits per heavy atom. The molecule has 3 atom stereocenters. The maximum Gasteiger partial charge on any atom is 0.326 e. The highest BCUT2D eigenvalue weighted by Gasteiger charge is 2.37. The minimum atomic E-state index is -1.07. The van der Waals surface area contributed by atoms with Gasteiger partial charge in [0, 0.05) is 13.0 Å². The number of nitrogens with one attached hydrogen (secondary N) is 1. The molecule has 30 heavy (non-hydrogen) atoms. The van der Waals surface area contributed by atoms with Crippen molar-refractivity contribution in [3.8, 4) is 0 Å². The third-order valence-electron chi connectivity index (χ3n) is 5.50. The van der Waals surface area contributed by atoms with E-state index in [1.807, 2.05) is 54.6 Å². The first kappa shape index (κ1) is 21.5. The molecule has 7 nitrogen and oxygen atoms in total. The first-order valence-electron chi connectivity index (χ1n) is 9.99. The second kappa shape index (κ2) is 9.54. The number of carbonyl (C=O) groups is 3. The lowest BCUT2D eigenvalue weighted by atomic mass is 9.93. The van der Waals surface area contributed by atoms with Crippen molar-refractivity contribution in [2.45, 2.75) is 50.9 Å². The maximum atomic E-state index is 13.1. The summed E-state index contributed by atoms with van der Waals surface area (Å²) in [6, 6.07) is 14.3. The number of benzene rings is 2. The molecule has 1 aliphatic heterocycles. The summed E-state index contributed by atoms with van der Waals surface area (Å²) in [6.45, 7) is 1.78. The van der Waals surface area contributed by atoms with E-state index in [4.69, 9.17) is 0 Å². The van der Waals surface area contributed by atoms with Crippen molar-refractivity contribution in [2.24, 2.45) is 0 Å². The summed E-state index contributed by atoms with van der Waals surface area (Å²) in [7, 11) is 0. The molecular weight excluding hydrogens is 384 g/mol. The number of aryl methyl sites for hydroxylation is 1. The van der Waals surface area contributed by atoms with E-state index in [1.54, 1.807) is 6.92 Å². The Bertz CT molecular complexity index is 915. The number of hydrogen-bond donors (Lipinski definition) is 3. The molecule has 158 valence electrons. The van der Waals surface area contributed by atoms with Gasteiger partial charge in [-0.2, -0.15) is 0 Å². The number of amides is 1. The minimum absolute atomic E-state index is 0.194. The van der Waals surface area contributed by atoms with Crippen LogP contribution in [0.4, 0.5) is 0 Å². The topological polar surface area (TPSA) is 107 Å². The Morgan fingerprint density at radius 3 is 2.30 bits per heavy atom. The van der Waals surface area contributed by atoms with Crippen molar-refractivity contribution in [1.29, 1.82) is 0 Å². The molecule has 3 rings (SSSR count). The van der Waals surface area contributed by atoms with E-state index in [1.165, 1.54) is 4.90 Å². The summed E-state index contributed by atoms with van der Waals surface area (Å²) in [6.07, 6.45) is 1.11. The van der Waals surface area contributed by atoms with Gasteiger partial charge in [0.2, 0.25) is 5.91 Å². The van der Waals surface area contributed by atoms with Gasteiger partial charge in [0.05, 0.1) is 6.04 Å². The standard InChI is InChI=1S/C23H26N2O5/c1-15(24-19(22(27)28)12-11-16-7-3-2-4-8-16)21(26)25-14-18-10-6-5-9-17(18)13-20(25)23(29)30/h2-10,15,19-20,24H,11-14H2,1H3,(H,27,28)(H,29,30)/t15-,19-,20?/m0/s1. The summed E-state index contributed by atoms with van der Waals surface area (Å²) < 4.78 is 0. The van der Waals surface area contributed by atoms with Gasteiger partial charge in [0.15, 0.2) is 0 Å². The molecule has 1 unspecified atom stereocenters. The van der Waals surface area contributed by atoms with Crippen LogP contribution in [0.25, 0.3) is 0 Å². The lowest BCUT2D eigenvalue weighted by Crippen LogP contribution is -2.56. The number of fused-ring (bicyclic) bond motifs is 1. The van der Waals surface area contributed by atoms with E-state index in [-0.39, 0.29) is 13.0 Å². The fourth-order valence-electron chi connectivity index (χ4n) is 3.83. The molecule has 1 heterocycles. The maximum absolute atomic E-state index is 13.1. The van der Waals surface area contributed by atoms with Gasteiger partial charge >= 0.3 is 11.9 Å². The predicted octanol–water partition coefficient (Wildman–Crippen LogP) is 2.09. The smallest absolute Gasteiger partial charge is 0.326 e. The largest absolute Gasteiger partial charge is 0.480 e. The normalized spacial score (nSPS) is 17.6. The summed E-state index contributed by atoms with van der Waals surface area (Å²) in [5, 5.41) is 22.1. The zero-order valence-electron chi connectivity index (χ0n) is 16.8. The lowest BCUT2D eigenvalue weighted by Gasteiger charge is -2.36. The highest BCUT2D eigenvalue weighted by atomic mass is 16.4. The van der Waals surface area contributed by atoms with Gasteiger partial charge in [0.25, 0.3) is 0 Å². The molecule has 0 radical (unpaired) electrons. The summed E-state index contributed by atoms with van der Waals surface area (Å²) in [5.74, 6) is -2.52. The molecule has 0 bridgehead atoms. The molecule has 1 amide bonds. The average molecular weight is 410 g/mol. The Balaban J connectivity index is 1.69. The summed E-state index contributed by atoms with van der Waals surface area (Å²) in [5.41, 5.74) is 2.85. The van der Waals surface area contributed by atoms with Crippen LogP contribution in [0.15, 0.2) is 54.6 Å². The summed E-state index contributed by atoms with van der Waals surface area (Å²) >= 11 is 0. The Labute approximate surface area is 175 Å². The van der Waals surface area contributed by atoms with Crippen LogP contribution in [0, 0.1) is 0 Å². The van der Waals surface area contributed by atoms with Crippen LogP contribution in [0.1, 0.15) is 30.0 Å². The van der Waals surface area contributed by atoms with Crippen LogP contribution in [0.2, 0.25) is 0 Å². The molecule has 0 saturated heterocycles. The van der Waals surface area contributed by atoms with Crippen molar-refractivity contribution in [1.82, 2.24) is 10.2 Å². The Hall–Kier alpha value is -3.19. The van der Waals surface area contributed by atoms with Crippen LogP contribution in [0.3, 0.4) is 0 Å². The fourth-order valence-corrected chi connectivity index (χ4v) is 3.83. The van der Waals surface area contributed by atoms with Gasteiger partial charge in [-0.15, -0.1) is 0 Å². The van der Waals surface area contributed by atoms with E-state index in [9.17, 15) is 24.6 Å². The van der Waals surface area contributed by atoms with Gasteiger partial charge < -0.3 is 15.1 Å². The number of carbonyl (C=O) groups excluding carboxylic acids is 1. The zero-order valence-corrected chi connectivity index (χ0v) is 16.8. The van der Waals surface area contributed by atoms with Crippen LogP contribution in [-0.4, -0.2) is 51.1 Å². The quantitative estimate of drug-likeness (QED) is 0.615. The minimum Gasteiger partial charge on any atom is -0.480 e. The second-order valence-corrected chi connectivity index (χ2v) is 7.60. The number of hydrogen-bond acceptors (Lipinski definition) is 4. The molecule has 0 aliphatic carbocycles. The first-order chi connectivity index (χ1) is 14.4. The van der Waals surface area contributed by atoms with Gasteiger partial charge in [-0.05, 0) is 36.5 Å². The van der Waals surface area contributed by atoms with Crippen LogP contribution >= 0.6 is 0 Å². The lowest BCUT2D eigenvalue weighted by molar-refractivity contribution is -0.152. The van der Waals surface area contributed by atoms with Crippen LogP contribution in [0.5, 0.6) is 0 Å². The van der Waals surface area contributed by atoms with Gasteiger partial charge in [-0.3, -0.25) is 14.9 Å². The van der Waals surface area contributed by atoms with Gasteiger partial charge in [0.1, 0.15) is 12.1 Å². The molecule has 0 saturated carbocycles. The molecule has 7 heteroatoms. The number of rotatable bonds is 8. The Kier molecular flexibility index (Phi) is 6.84. The van der Waals surface area contributed by atoms with E-state index < -0.39 is 36.0 Å². The second-order valence-electron chi connectivity index (χ2n) is 7.60. The van der Waals surface area contributed by atoms with Crippen molar-refractivity contribution >= 4 is 17.8 Å². The molecule has 2 aromatic carbocycles. The molecule has 3 N–H and O–H groups in total. The molecule has 2 aromatic rings. The molecule has 1 aliphatic rings. The summed E-state index contributed by atoms with van der Waals surface area (Å²) in [4.78, 5) is 37.9. The fraction of sp³-hybridized carbons (Fsp3) is 0.348. The highest BCUT2D eigenvalue weighted by molar-refractivity contribution is 5.88. The van der Waals surface area contributed by atoms with Crippen molar-refractivity contribution in [3.05, 3.63) is 71.3 Å². The van der Waals surface area contributed by atoms with Crippen molar-refractivity contribution in [3.63, 3.8) is 0 Å². The molecular formula is C23H26N2O5. The van der Waals surface area contributed by atoms with Crippen molar-refractivity contribution < 1.29 is 24.6 Å². The average Bonchev–Trinajstić information content (AvgIpc) is 2.75. The first-order valence-corrected chi connectivity index (χ1v) is 9.99. The van der Waals surface area contributed by atoms with Crippen LogP contribution in [-0.2, 0) is 33.8 Å². The number of aliphatic carboxylic acids is 2. The molecule has 0 aromatic heterocycles. The third-order valence-corrected chi connectivity index (χ3v) is 5.50. The predicted molar refractivity (Wildman–Crippen MR) is 111 cm³/mol. The van der Waals surface area contributed by atoms with E-state index in [0.29, 0.717) is 12.8 Å². The zero-order chi connectivity index (χ0) is 21.7.